The Balaban J connectivity index is 2.04. The van der Waals surface area contributed by atoms with E-state index in [0.29, 0.717) is 17.7 Å². The van der Waals surface area contributed by atoms with Gasteiger partial charge in [0.15, 0.2) is 0 Å². The minimum atomic E-state index is -3.85. The summed E-state index contributed by atoms with van der Waals surface area (Å²) in [6, 6.07) is 20.5. The van der Waals surface area contributed by atoms with Crippen LogP contribution in [0.25, 0.3) is 0 Å². The van der Waals surface area contributed by atoms with Gasteiger partial charge in [-0.25, -0.2) is 12.8 Å². The molecule has 2 amide bonds. The van der Waals surface area contributed by atoms with E-state index < -0.39 is 34.3 Å². The van der Waals surface area contributed by atoms with Crippen molar-refractivity contribution in [3.63, 3.8) is 0 Å². The van der Waals surface area contributed by atoms with Gasteiger partial charge < -0.3 is 10.2 Å². The third kappa shape index (κ3) is 8.90. The lowest BCUT2D eigenvalue weighted by Crippen LogP contribution is -2.54. The molecule has 3 rings (SSSR count). The molecule has 208 valence electrons. The van der Waals surface area contributed by atoms with Gasteiger partial charge >= 0.3 is 0 Å². The number of hydrogen-bond donors (Lipinski definition) is 1. The smallest absolute Gasteiger partial charge is 0.244 e. The summed E-state index contributed by atoms with van der Waals surface area (Å²) < 4.78 is 41.0. The number of carbonyl (C=O) groups is 2. The molecule has 0 fully saturated rings. The molecule has 3 aromatic carbocycles. The van der Waals surface area contributed by atoms with Crippen molar-refractivity contribution in [2.24, 2.45) is 0 Å². The molecule has 0 spiro atoms. The normalized spacial score (nSPS) is 12.8. The van der Waals surface area contributed by atoms with Crippen LogP contribution in [0.4, 0.5) is 10.1 Å². The highest BCUT2D eigenvalue weighted by molar-refractivity contribution is 9.10. The number of benzene rings is 3. The molecular weight excluding hydrogens is 585 g/mol. The predicted octanol–water partition coefficient (Wildman–Crippen LogP) is 4.91. The standard InChI is InChI=1S/C29H33BrFN3O4S/c1-4-21(2)32-29(36)27(18-22-8-6-5-7-9-22)33(19-23-10-14-25(31)15-11-23)28(35)20-34(39(3,37)38)26-16-12-24(30)13-17-26/h5-17,21,27H,4,18-20H2,1-3H3,(H,32,36). The molecule has 0 radical (unpaired) electrons. The van der Waals surface area contributed by atoms with E-state index in [9.17, 15) is 22.4 Å². The molecular formula is C29H33BrFN3O4S. The lowest BCUT2D eigenvalue weighted by atomic mass is 10.0. The van der Waals surface area contributed by atoms with Crippen molar-refractivity contribution in [1.29, 1.82) is 0 Å². The summed E-state index contributed by atoms with van der Waals surface area (Å²) in [4.78, 5) is 28.9. The molecule has 2 unspecified atom stereocenters. The maximum absolute atomic E-state index is 14.0. The van der Waals surface area contributed by atoms with Crippen LogP contribution in [0.3, 0.4) is 0 Å². The van der Waals surface area contributed by atoms with Gasteiger partial charge in [-0.05, 0) is 60.9 Å². The number of hydrogen-bond acceptors (Lipinski definition) is 4. The van der Waals surface area contributed by atoms with Crippen LogP contribution in [0, 0.1) is 5.82 Å². The molecule has 1 N–H and O–H groups in total. The van der Waals surface area contributed by atoms with E-state index in [1.165, 1.54) is 17.0 Å². The summed E-state index contributed by atoms with van der Waals surface area (Å²) in [7, 11) is -3.85. The van der Waals surface area contributed by atoms with Crippen molar-refractivity contribution >= 4 is 43.5 Å². The third-order valence-electron chi connectivity index (χ3n) is 6.33. The van der Waals surface area contributed by atoms with Crippen molar-refractivity contribution in [2.75, 3.05) is 17.1 Å². The minimum Gasteiger partial charge on any atom is -0.352 e. The second-order valence-electron chi connectivity index (χ2n) is 9.42. The van der Waals surface area contributed by atoms with Crippen molar-refractivity contribution in [3.05, 3.63) is 100 Å². The molecule has 10 heteroatoms. The van der Waals surface area contributed by atoms with E-state index in [2.05, 4.69) is 21.2 Å². The average Bonchev–Trinajstić information content (AvgIpc) is 2.90. The van der Waals surface area contributed by atoms with Gasteiger partial charge in [-0.1, -0.05) is 65.3 Å². The lowest BCUT2D eigenvalue weighted by molar-refractivity contribution is -0.140. The number of amides is 2. The molecule has 0 heterocycles. The highest BCUT2D eigenvalue weighted by atomic mass is 79.9. The van der Waals surface area contributed by atoms with Crippen LogP contribution in [0.1, 0.15) is 31.4 Å². The van der Waals surface area contributed by atoms with Gasteiger partial charge in [-0.2, -0.15) is 0 Å². The van der Waals surface area contributed by atoms with Gasteiger partial charge in [0.2, 0.25) is 21.8 Å². The van der Waals surface area contributed by atoms with E-state index in [1.54, 1.807) is 36.4 Å². The van der Waals surface area contributed by atoms with Crippen LogP contribution < -0.4 is 9.62 Å². The first-order chi connectivity index (χ1) is 18.5. The molecule has 0 aromatic heterocycles. The van der Waals surface area contributed by atoms with Crippen LogP contribution in [0.2, 0.25) is 0 Å². The largest absolute Gasteiger partial charge is 0.352 e. The Hall–Kier alpha value is -3.24. The van der Waals surface area contributed by atoms with Crippen molar-refractivity contribution in [3.8, 4) is 0 Å². The SMILES string of the molecule is CCC(C)NC(=O)C(Cc1ccccc1)N(Cc1ccc(F)cc1)C(=O)CN(c1ccc(Br)cc1)S(C)(=O)=O. The highest BCUT2D eigenvalue weighted by Crippen LogP contribution is 2.22. The number of carbonyl (C=O) groups excluding carboxylic acids is 2. The fourth-order valence-electron chi connectivity index (χ4n) is 4.00. The minimum absolute atomic E-state index is 0.0114. The van der Waals surface area contributed by atoms with Crippen molar-refractivity contribution in [1.82, 2.24) is 10.2 Å². The fraction of sp³-hybridized carbons (Fsp3) is 0.310. The summed E-state index contributed by atoms with van der Waals surface area (Å²) in [5.41, 5.74) is 1.76. The monoisotopic (exact) mass is 617 g/mol. The molecule has 0 saturated carbocycles. The van der Waals surface area contributed by atoms with E-state index in [-0.39, 0.29) is 24.9 Å². The zero-order valence-corrected chi connectivity index (χ0v) is 24.6. The number of nitrogens with zero attached hydrogens (tertiary/aromatic N) is 2. The Morgan fingerprint density at radius 1 is 0.949 bits per heavy atom. The van der Waals surface area contributed by atoms with Gasteiger partial charge in [-0.3, -0.25) is 13.9 Å². The van der Waals surface area contributed by atoms with Crippen LogP contribution in [0.15, 0.2) is 83.3 Å². The Labute approximate surface area is 238 Å². The predicted molar refractivity (Wildman–Crippen MR) is 155 cm³/mol. The van der Waals surface area contributed by atoms with E-state index in [4.69, 9.17) is 0 Å². The second-order valence-corrected chi connectivity index (χ2v) is 12.2. The number of rotatable bonds is 12. The summed E-state index contributed by atoms with van der Waals surface area (Å²) in [6.45, 7) is 3.30. The van der Waals surface area contributed by atoms with E-state index >= 15 is 0 Å². The molecule has 0 bridgehead atoms. The van der Waals surface area contributed by atoms with Gasteiger partial charge in [0.25, 0.3) is 0 Å². The quantitative estimate of drug-likeness (QED) is 0.313. The summed E-state index contributed by atoms with van der Waals surface area (Å²) in [6.07, 6.45) is 1.94. The first-order valence-electron chi connectivity index (χ1n) is 12.6. The van der Waals surface area contributed by atoms with Crippen LogP contribution in [0.5, 0.6) is 0 Å². The topological polar surface area (TPSA) is 86.8 Å². The van der Waals surface area contributed by atoms with Gasteiger partial charge in [-0.15, -0.1) is 0 Å². The summed E-state index contributed by atoms with van der Waals surface area (Å²) >= 11 is 3.34. The van der Waals surface area contributed by atoms with Gasteiger partial charge in [0.05, 0.1) is 11.9 Å². The highest BCUT2D eigenvalue weighted by Gasteiger charge is 2.33. The number of anilines is 1. The van der Waals surface area contributed by atoms with Gasteiger partial charge in [0, 0.05) is 23.5 Å². The lowest BCUT2D eigenvalue weighted by Gasteiger charge is -2.34. The molecule has 39 heavy (non-hydrogen) atoms. The number of halogens is 2. The molecule has 0 aliphatic heterocycles. The number of sulfonamides is 1. The van der Waals surface area contributed by atoms with Crippen LogP contribution in [-0.2, 0) is 32.6 Å². The van der Waals surface area contributed by atoms with Crippen molar-refractivity contribution in [2.45, 2.75) is 45.3 Å². The zero-order chi connectivity index (χ0) is 28.6. The Bertz CT molecular complexity index is 1350. The maximum atomic E-state index is 14.0. The molecule has 0 aliphatic rings. The van der Waals surface area contributed by atoms with Gasteiger partial charge in [0.1, 0.15) is 18.4 Å². The van der Waals surface area contributed by atoms with Crippen LogP contribution >= 0.6 is 15.9 Å². The van der Waals surface area contributed by atoms with Crippen molar-refractivity contribution < 1.29 is 22.4 Å². The molecule has 7 nitrogen and oxygen atoms in total. The molecule has 0 saturated heterocycles. The first kappa shape index (κ1) is 30.3. The Morgan fingerprint density at radius 2 is 1.56 bits per heavy atom. The number of nitrogens with one attached hydrogen (secondary N) is 1. The van der Waals surface area contributed by atoms with Crippen LogP contribution in [-0.4, -0.2) is 50.0 Å². The maximum Gasteiger partial charge on any atom is 0.244 e. The summed E-state index contributed by atoms with van der Waals surface area (Å²) in [5, 5.41) is 2.97. The molecule has 2 atom stereocenters. The second kappa shape index (κ2) is 13.7. The molecule has 3 aromatic rings. The fourth-order valence-corrected chi connectivity index (χ4v) is 5.12. The first-order valence-corrected chi connectivity index (χ1v) is 15.2. The Morgan fingerprint density at radius 3 is 2.13 bits per heavy atom. The molecule has 0 aliphatic carbocycles. The third-order valence-corrected chi connectivity index (χ3v) is 8.00. The zero-order valence-electron chi connectivity index (χ0n) is 22.2. The summed E-state index contributed by atoms with van der Waals surface area (Å²) in [5.74, 6) is -1.34. The Kier molecular flexibility index (Phi) is 10.7. The van der Waals surface area contributed by atoms with E-state index in [0.717, 1.165) is 20.6 Å². The van der Waals surface area contributed by atoms with E-state index in [1.807, 2.05) is 44.2 Å². The average molecular weight is 619 g/mol.